The summed E-state index contributed by atoms with van der Waals surface area (Å²) in [6, 6.07) is 5.73. The van der Waals surface area contributed by atoms with Crippen LogP contribution >= 0.6 is 0 Å². The third kappa shape index (κ3) is 4.11. The van der Waals surface area contributed by atoms with E-state index in [1.165, 1.54) is 12.8 Å². The molecule has 1 N–H and O–H groups in total. The molecule has 1 aliphatic heterocycles. The van der Waals surface area contributed by atoms with Crippen LogP contribution in [0, 0.1) is 5.92 Å². The largest absolute Gasteiger partial charge is 0.349 e. The molecule has 0 spiro atoms. The molecule has 1 aromatic rings. The number of carbonyl (C=O) groups excluding carboxylic acids is 1. The number of carbonyl (C=O) groups is 1. The van der Waals surface area contributed by atoms with E-state index in [2.05, 4.69) is 22.1 Å². The third-order valence-corrected chi connectivity index (χ3v) is 3.30. The van der Waals surface area contributed by atoms with Crippen molar-refractivity contribution in [2.24, 2.45) is 5.92 Å². The van der Waals surface area contributed by atoms with Crippen LogP contribution in [0.15, 0.2) is 24.4 Å². The van der Waals surface area contributed by atoms with Gasteiger partial charge in [0.25, 0.3) is 0 Å². The molecule has 1 aromatic heterocycles. The summed E-state index contributed by atoms with van der Waals surface area (Å²) in [6.07, 6.45) is 4.23. The highest BCUT2D eigenvalue weighted by Gasteiger charge is 2.18. The molecule has 1 aliphatic rings. The second-order valence-electron chi connectivity index (χ2n) is 5.08. The minimum absolute atomic E-state index is 0.0924. The maximum Gasteiger partial charge on any atom is 0.234 e. The Morgan fingerprint density at radius 3 is 3.17 bits per heavy atom. The van der Waals surface area contributed by atoms with Crippen LogP contribution in [0.3, 0.4) is 0 Å². The topological polar surface area (TPSA) is 45.2 Å². The first-order chi connectivity index (χ1) is 8.74. The molecular formula is C14H21N3O. The Bertz CT molecular complexity index is 380. The van der Waals surface area contributed by atoms with Gasteiger partial charge < -0.3 is 5.32 Å². The standard InChI is InChI=1S/C14H21N3O/c1-12-5-4-8-17(10-12)11-14(18)16-9-13-6-2-3-7-15-13/h2-3,6-7,12H,4-5,8-11H2,1H3,(H,16,18). The number of amides is 1. The monoisotopic (exact) mass is 247 g/mol. The average molecular weight is 247 g/mol. The van der Waals surface area contributed by atoms with Gasteiger partial charge >= 0.3 is 0 Å². The third-order valence-electron chi connectivity index (χ3n) is 3.30. The van der Waals surface area contributed by atoms with Gasteiger partial charge in [0, 0.05) is 12.7 Å². The molecule has 1 unspecified atom stereocenters. The Kier molecular flexibility index (Phi) is 4.70. The quantitative estimate of drug-likeness (QED) is 0.875. The van der Waals surface area contributed by atoms with Gasteiger partial charge in [-0.05, 0) is 37.4 Å². The van der Waals surface area contributed by atoms with Gasteiger partial charge in [-0.15, -0.1) is 0 Å². The zero-order valence-corrected chi connectivity index (χ0v) is 10.9. The molecule has 1 atom stereocenters. The SMILES string of the molecule is CC1CCCN(CC(=O)NCc2ccccn2)C1. The van der Waals surface area contributed by atoms with Gasteiger partial charge in [-0.3, -0.25) is 14.7 Å². The van der Waals surface area contributed by atoms with Crippen LogP contribution < -0.4 is 5.32 Å². The molecular weight excluding hydrogens is 226 g/mol. The van der Waals surface area contributed by atoms with E-state index < -0.39 is 0 Å². The van der Waals surface area contributed by atoms with Crippen molar-refractivity contribution in [2.45, 2.75) is 26.3 Å². The van der Waals surface area contributed by atoms with Crippen LogP contribution in [-0.2, 0) is 11.3 Å². The molecule has 1 saturated heterocycles. The maximum absolute atomic E-state index is 11.8. The summed E-state index contributed by atoms with van der Waals surface area (Å²) in [6.45, 7) is 5.36. The Hall–Kier alpha value is -1.42. The fourth-order valence-corrected chi connectivity index (χ4v) is 2.38. The lowest BCUT2D eigenvalue weighted by Crippen LogP contribution is -2.41. The van der Waals surface area contributed by atoms with Gasteiger partial charge in [0.15, 0.2) is 0 Å². The van der Waals surface area contributed by atoms with E-state index in [4.69, 9.17) is 0 Å². The second kappa shape index (κ2) is 6.50. The fraction of sp³-hybridized carbons (Fsp3) is 0.571. The van der Waals surface area contributed by atoms with Crippen molar-refractivity contribution in [1.82, 2.24) is 15.2 Å². The summed E-state index contributed by atoms with van der Waals surface area (Å²) in [5.41, 5.74) is 0.901. The highest BCUT2D eigenvalue weighted by atomic mass is 16.2. The molecule has 4 heteroatoms. The highest BCUT2D eigenvalue weighted by Crippen LogP contribution is 2.14. The van der Waals surface area contributed by atoms with Crippen LogP contribution in [0.2, 0.25) is 0 Å². The van der Waals surface area contributed by atoms with Gasteiger partial charge in [0.2, 0.25) is 5.91 Å². The Morgan fingerprint density at radius 2 is 2.44 bits per heavy atom. The van der Waals surface area contributed by atoms with Gasteiger partial charge in [-0.2, -0.15) is 0 Å². The molecule has 1 fully saturated rings. The summed E-state index contributed by atoms with van der Waals surface area (Å²) in [7, 11) is 0. The van der Waals surface area contributed by atoms with Crippen molar-refractivity contribution in [3.8, 4) is 0 Å². The summed E-state index contributed by atoms with van der Waals surface area (Å²) in [5.74, 6) is 0.803. The van der Waals surface area contributed by atoms with E-state index in [1.54, 1.807) is 6.20 Å². The maximum atomic E-state index is 11.8. The van der Waals surface area contributed by atoms with Crippen molar-refractivity contribution in [3.63, 3.8) is 0 Å². The van der Waals surface area contributed by atoms with Gasteiger partial charge in [-0.25, -0.2) is 0 Å². The number of nitrogens with one attached hydrogen (secondary N) is 1. The molecule has 0 aliphatic carbocycles. The van der Waals surface area contributed by atoms with E-state index in [1.807, 2.05) is 18.2 Å². The first kappa shape index (κ1) is 13.0. The average Bonchev–Trinajstić information content (AvgIpc) is 2.38. The number of likely N-dealkylation sites (tertiary alicyclic amines) is 1. The predicted molar refractivity (Wildman–Crippen MR) is 70.9 cm³/mol. The van der Waals surface area contributed by atoms with Crippen LogP contribution in [0.25, 0.3) is 0 Å². The zero-order valence-electron chi connectivity index (χ0n) is 10.9. The van der Waals surface area contributed by atoms with Crippen LogP contribution in [0.4, 0.5) is 0 Å². The predicted octanol–water partition coefficient (Wildman–Crippen LogP) is 1.43. The van der Waals surface area contributed by atoms with E-state index in [9.17, 15) is 4.79 Å². The van der Waals surface area contributed by atoms with Gasteiger partial charge in [-0.1, -0.05) is 13.0 Å². The molecule has 0 bridgehead atoms. The van der Waals surface area contributed by atoms with E-state index >= 15 is 0 Å². The molecule has 1 amide bonds. The summed E-state index contributed by atoms with van der Waals surface area (Å²) >= 11 is 0. The first-order valence-electron chi connectivity index (χ1n) is 6.63. The Morgan fingerprint density at radius 1 is 1.56 bits per heavy atom. The smallest absolute Gasteiger partial charge is 0.234 e. The number of hydrogen-bond donors (Lipinski definition) is 1. The lowest BCUT2D eigenvalue weighted by Gasteiger charge is -2.30. The minimum atomic E-state index is 0.0924. The lowest BCUT2D eigenvalue weighted by molar-refractivity contribution is -0.122. The van der Waals surface area contributed by atoms with Gasteiger partial charge in [0.05, 0.1) is 18.8 Å². The fourth-order valence-electron chi connectivity index (χ4n) is 2.38. The molecule has 18 heavy (non-hydrogen) atoms. The highest BCUT2D eigenvalue weighted by molar-refractivity contribution is 5.77. The number of nitrogens with zero attached hydrogens (tertiary/aromatic N) is 2. The van der Waals surface area contributed by atoms with Crippen LogP contribution in [0.1, 0.15) is 25.5 Å². The van der Waals surface area contributed by atoms with Crippen LogP contribution in [-0.4, -0.2) is 35.4 Å². The molecule has 98 valence electrons. The van der Waals surface area contributed by atoms with E-state index in [0.29, 0.717) is 19.0 Å². The Balaban J connectivity index is 1.72. The lowest BCUT2D eigenvalue weighted by atomic mass is 10.0. The second-order valence-corrected chi connectivity index (χ2v) is 5.08. The number of pyridine rings is 1. The van der Waals surface area contributed by atoms with Crippen molar-refractivity contribution < 1.29 is 4.79 Å². The molecule has 0 saturated carbocycles. The summed E-state index contributed by atoms with van der Waals surface area (Å²) in [5, 5.41) is 2.92. The first-order valence-corrected chi connectivity index (χ1v) is 6.63. The zero-order chi connectivity index (χ0) is 12.8. The Labute approximate surface area is 108 Å². The molecule has 0 aromatic carbocycles. The van der Waals surface area contributed by atoms with Crippen molar-refractivity contribution >= 4 is 5.91 Å². The van der Waals surface area contributed by atoms with Gasteiger partial charge in [0.1, 0.15) is 0 Å². The number of hydrogen-bond acceptors (Lipinski definition) is 3. The number of rotatable bonds is 4. The molecule has 2 rings (SSSR count). The van der Waals surface area contributed by atoms with E-state index in [-0.39, 0.29) is 5.91 Å². The number of aromatic nitrogens is 1. The molecule has 2 heterocycles. The van der Waals surface area contributed by atoms with Crippen molar-refractivity contribution in [2.75, 3.05) is 19.6 Å². The summed E-state index contributed by atoms with van der Waals surface area (Å²) in [4.78, 5) is 18.2. The molecule has 0 radical (unpaired) electrons. The minimum Gasteiger partial charge on any atom is -0.349 e. The number of piperidine rings is 1. The van der Waals surface area contributed by atoms with Crippen molar-refractivity contribution in [1.29, 1.82) is 0 Å². The van der Waals surface area contributed by atoms with Crippen molar-refractivity contribution in [3.05, 3.63) is 30.1 Å². The molecule has 4 nitrogen and oxygen atoms in total. The normalized spacial score (nSPS) is 20.6. The summed E-state index contributed by atoms with van der Waals surface area (Å²) < 4.78 is 0. The van der Waals surface area contributed by atoms with E-state index in [0.717, 1.165) is 18.8 Å². The van der Waals surface area contributed by atoms with Crippen LogP contribution in [0.5, 0.6) is 0 Å².